The van der Waals surface area contributed by atoms with Crippen LogP contribution in [0.3, 0.4) is 0 Å². The van der Waals surface area contributed by atoms with Gasteiger partial charge in [0.05, 0.1) is 17.6 Å². The Labute approximate surface area is 197 Å². The molecule has 6 rings (SSSR count). The molecule has 172 valence electrons. The number of halogens is 1. The standard InChI is InChI=1S/C27H25FN4O2/c1-2-31-13-12-23-21(15-31)25(19-5-3-4-6-22(19)29-23)27(33)32-14-11-20-24(16-32)30-34-26(20)17-7-9-18(28)10-8-17/h3-10H,2,11-16H2,1H3. The summed E-state index contributed by atoms with van der Waals surface area (Å²) >= 11 is 0. The van der Waals surface area contributed by atoms with Gasteiger partial charge in [-0.1, -0.05) is 30.3 Å². The van der Waals surface area contributed by atoms with Crippen molar-refractivity contribution in [1.29, 1.82) is 0 Å². The quantitative estimate of drug-likeness (QED) is 0.451. The van der Waals surface area contributed by atoms with Crippen LogP contribution < -0.4 is 0 Å². The van der Waals surface area contributed by atoms with E-state index in [1.807, 2.05) is 29.2 Å². The molecule has 0 atom stereocenters. The summed E-state index contributed by atoms with van der Waals surface area (Å²) in [5, 5.41) is 5.18. The molecule has 0 saturated heterocycles. The molecule has 0 saturated carbocycles. The van der Waals surface area contributed by atoms with Gasteiger partial charge in [0.2, 0.25) is 0 Å². The first-order valence-corrected chi connectivity index (χ1v) is 11.8. The number of hydrogen-bond donors (Lipinski definition) is 0. The van der Waals surface area contributed by atoms with Crippen LogP contribution in [0.2, 0.25) is 0 Å². The second-order valence-corrected chi connectivity index (χ2v) is 8.97. The molecule has 0 fully saturated rings. The molecular formula is C27H25FN4O2. The molecule has 2 aliphatic rings. The summed E-state index contributed by atoms with van der Waals surface area (Å²) in [6, 6.07) is 14.1. The van der Waals surface area contributed by atoms with Gasteiger partial charge in [-0.2, -0.15) is 0 Å². The molecule has 4 aromatic rings. The molecule has 2 aliphatic heterocycles. The van der Waals surface area contributed by atoms with Crippen LogP contribution in [0, 0.1) is 5.82 Å². The molecule has 7 heteroatoms. The number of carbonyl (C=O) groups excluding carboxylic acids is 1. The lowest BCUT2D eigenvalue weighted by atomic mass is 9.93. The van der Waals surface area contributed by atoms with Crippen molar-refractivity contribution in [2.45, 2.75) is 32.9 Å². The van der Waals surface area contributed by atoms with E-state index in [0.29, 0.717) is 25.3 Å². The van der Waals surface area contributed by atoms with Crippen LogP contribution in [-0.4, -0.2) is 45.5 Å². The van der Waals surface area contributed by atoms with Gasteiger partial charge in [-0.05, 0) is 43.3 Å². The molecule has 0 N–H and O–H groups in total. The average molecular weight is 457 g/mol. The Hall–Kier alpha value is -3.58. The molecule has 0 spiro atoms. The van der Waals surface area contributed by atoms with Crippen molar-refractivity contribution in [3.63, 3.8) is 0 Å². The van der Waals surface area contributed by atoms with E-state index >= 15 is 0 Å². The van der Waals surface area contributed by atoms with Crippen molar-refractivity contribution in [3.8, 4) is 11.3 Å². The Balaban J connectivity index is 1.37. The number of rotatable bonds is 3. The van der Waals surface area contributed by atoms with Gasteiger partial charge in [0.1, 0.15) is 11.5 Å². The fraction of sp³-hybridized carbons (Fsp3) is 0.296. The molecule has 6 nitrogen and oxygen atoms in total. The lowest BCUT2D eigenvalue weighted by molar-refractivity contribution is 0.0730. The molecule has 4 heterocycles. The molecule has 2 aromatic heterocycles. The molecule has 0 bridgehead atoms. The number of hydrogen-bond acceptors (Lipinski definition) is 5. The second-order valence-electron chi connectivity index (χ2n) is 8.97. The molecule has 34 heavy (non-hydrogen) atoms. The van der Waals surface area contributed by atoms with Gasteiger partial charge in [-0.3, -0.25) is 14.7 Å². The van der Waals surface area contributed by atoms with E-state index in [-0.39, 0.29) is 11.7 Å². The van der Waals surface area contributed by atoms with Crippen molar-refractivity contribution < 1.29 is 13.7 Å². The average Bonchev–Trinajstić information content (AvgIpc) is 3.30. The number of pyridine rings is 1. The van der Waals surface area contributed by atoms with Crippen molar-refractivity contribution >= 4 is 16.8 Å². The van der Waals surface area contributed by atoms with Crippen molar-refractivity contribution in [2.75, 3.05) is 19.6 Å². The zero-order valence-corrected chi connectivity index (χ0v) is 19.1. The SMILES string of the molecule is CCN1CCc2nc3ccccc3c(C(=O)N3CCc4c(noc4-c4ccc(F)cc4)C3)c2C1. The van der Waals surface area contributed by atoms with Crippen molar-refractivity contribution in [1.82, 2.24) is 19.9 Å². The Bertz CT molecular complexity index is 1400. The summed E-state index contributed by atoms with van der Waals surface area (Å²) in [5.41, 5.74) is 6.27. The Morgan fingerprint density at radius 2 is 1.82 bits per heavy atom. The minimum absolute atomic E-state index is 0.0183. The smallest absolute Gasteiger partial charge is 0.255 e. The third kappa shape index (κ3) is 3.47. The van der Waals surface area contributed by atoms with Crippen LogP contribution in [0.1, 0.15) is 39.8 Å². The summed E-state index contributed by atoms with van der Waals surface area (Å²) in [6.07, 6.45) is 1.49. The van der Waals surface area contributed by atoms with Crippen LogP contribution in [0.15, 0.2) is 53.1 Å². The largest absolute Gasteiger partial charge is 0.356 e. The molecule has 0 radical (unpaired) electrons. The van der Waals surface area contributed by atoms with E-state index in [1.165, 1.54) is 12.1 Å². The van der Waals surface area contributed by atoms with Gasteiger partial charge in [-0.15, -0.1) is 0 Å². The van der Waals surface area contributed by atoms with Gasteiger partial charge < -0.3 is 9.42 Å². The maximum absolute atomic E-state index is 14.0. The first-order chi connectivity index (χ1) is 16.6. The summed E-state index contributed by atoms with van der Waals surface area (Å²) in [4.78, 5) is 23.1. The minimum atomic E-state index is -0.288. The number of benzene rings is 2. The number of fused-ring (bicyclic) bond motifs is 3. The van der Waals surface area contributed by atoms with E-state index in [2.05, 4.69) is 17.0 Å². The van der Waals surface area contributed by atoms with Gasteiger partial charge in [-0.25, -0.2) is 4.39 Å². The highest BCUT2D eigenvalue weighted by atomic mass is 19.1. The number of para-hydroxylation sites is 1. The number of likely N-dealkylation sites (N-methyl/N-ethyl adjacent to an activating group) is 1. The Morgan fingerprint density at radius 3 is 2.65 bits per heavy atom. The zero-order chi connectivity index (χ0) is 23.2. The van der Waals surface area contributed by atoms with Gasteiger partial charge in [0.25, 0.3) is 5.91 Å². The molecule has 1 amide bonds. The highest BCUT2D eigenvalue weighted by molar-refractivity contribution is 6.07. The van der Waals surface area contributed by atoms with Crippen molar-refractivity contribution in [3.05, 3.63) is 82.4 Å². The first kappa shape index (κ1) is 21.0. The van der Waals surface area contributed by atoms with E-state index in [1.54, 1.807) is 12.1 Å². The zero-order valence-electron chi connectivity index (χ0n) is 19.1. The molecule has 0 unspecified atom stereocenters. The summed E-state index contributed by atoms with van der Waals surface area (Å²) in [7, 11) is 0. The fourth-order valence-electron chi connectivity index (χ4n) is 5.15. The van der Waals surface area contributed by atoms with E-state index in [4.69, 9.17) is 9.51 Å². The van der Waals surface area contributed by atoms with Crippen LogP contribution in [0.5, 0.6) is 0 Å². The first-order valence-electron chi connectivity index (χ1n) is 11.8. The number of amides is 1. The summed E-state index contributed by atoms with van der Waals surface area (Å²) in [6.45, 7) is 5.75. The fourth-order valence-corrected chi connectivity index (χ4v) is 5.15. The van der Waals surface area contributed by atoms with Crippen LogP contribution in [-0.2, 0) is 25.9 Å². The molecule has 2 aromatic carbocycles. The van der Waals surface area contributed by atoms with Crippen LogP contribution >= 0.6 is 0 Å². The van der Waals surface area contributed by atoms with E-state index in [9.17, 15) is 9.18 Å². The third-order valence-electron chi connectivity index (χ3n) is 7.02. The van der Waals surface area contributed by atoms with Crippen LogP contribution in [0.25, 0.3) is 22.2 Å². The van der Waals surface area contributed by atoms with E-state index < -0.39 is 0 Å². The molecule has 0 aliphatic carbocycles. The highest BCUT2D eigenvalue weighted by Crippen LogP contribution is 2.33. The number of carbonyl (C=O) groups is 1. The van der Waals surface area contributed by atoms with Gasteiger partial charge >= 0.3 is 0 Å². The van der Waals surface area contributed by atoms with Crippen molar-refractivity contribution in [2.24, 2.45) is 0 Å². The summed E-state index contributed by atoms with van der Waals surface area (Å²) < 4.78 is 19.0. The normalized spacial score (nSPS) is 15.9. The molecular weight excluding hydrogens is 431 g/mol. The minimum Gasteiger partial charge on any atom is -0.356 e. The second kappa shape index (κ2) is 8.33. The Kier molecular flexibility index (Phi) is 5.14. The monoisotopic (exact) mass is 456 g/mol. The van der Waals surface area contributed by atoms with Gasteiger partial charge in [0, 0.05) is 53.8 Å². The number of aromatic nitrogens is 2. The predicted octanol–water partition coefficient (Wildman–Crippen LogP) is 4.61. The number of nitrogens with zero attached hydrogens (tertiary/aromatic N) is 4. The maximum Gasteiger partial charge on any atom is 0.255 e. The Morgan fingerprint density at radius 1 is 1.00 bits per heavy atom. The lowest BCUT2D eigenvalue weighted by Crippen LogP contribution is -2.38. The van der Waals surface area contributed by atoms with E-state index in [0.717, 1.165) is 70.6 Å². The maximum atomic E-state index is 14.0. The third-order valence-corrected chi connectivity index (χ3v) is 7.02. The lowest BCUT2D eigenvalue weighted by Gasteiger charge is -2.32. The predicted molar refractivity (Wildman–Crippen MR) is 127 cm³/mol. The van der Waals surface area contributed by atoms with Gasteiger partial charge in [0.15, 0.2) is 5.76 Å². The van der Waals surface area contributed by atoms with Crippen LogP contribution in [0.4, 0.5) is 4.39 Å². The summed E-state index contributed by atoms with van der Waals surface area (Å²) in [5.74, 6) is 0.390. The highest BCUT2D eigenvalue weighted by Gasteiger charge is 2.32. The topological polar surface area (TPSA) is 62.5 Å².